The number of alkyl halides is 13. The molecule has 0 aliphatic carbocycles. The lowest BCUT2D eigenvalue weighted by Gasteiger charge is -2.39. The Balaban J connectivity index is 6.37. The second-order valence-electron chi connectivity index (χ2n) is 4.10. The maximum Gasteiger partial charge on any atom is 0.384 e. The number of halogens is 13. The average molecular weight is 414 g/mol. The van der Waals surface area contributed by atoms with E-state index in [2.05, 4.69) is 0 Å². The third kappa shape index (κ3) is 2.99. The Morgan fingerprint density at radius 1 is 0.625 bits per heavy atom. The fraction of sp³-hybridized carbons (Fsp3) is 1.00. The maximum absolute atomic E-state index is 12.9. The summed E-state index contributed by atoms with van der Waals surface area (Å²) < 4.78 is 191. The zero-order chi connectivity index (χ0) is 20.2. The summed E-state index contributed by atoms with van der Waals surface area (Å²) in [6.07, 6.45) is -5.74. The smallest absolute Gasteiger partial charge is 0.283 e. The first-order chi connectivity index (χ1) is 10.1. The molecule has 0 saturated heterocycles. The fourth-order valence-corrected chi connectivity index (χ4v) is 1.60. The van der Waals surface area contributed by atoms with Crippen LogP contribution in [-0.4, -0.2) is 54.5 Å². The first-order valence-corrected chi connectivity index (χ1v) is 6.38. The van der Waals surface area contributed by atoms with Crippen molar-refractivity contribution >= 4 is 10.1 Å². The van der Waals surface area contributed by atoms with Crippen molar-refractivity contribution in [2.24, 2.45) is 0 Å². The normalized spacial score (nSPS) is 17.3. The predicted octanol–water partition coefficient (Wildman–Crippen LogP) is 3.61. The van der Waals surface area contributed by atoms with E-state index >= 15 is 0 Å². The van der Waals surface area contributed by atoms with Crippen molar-refractivity contribution in [3.8, 4) is 0 Å². The molecule has 0 aromatic heterocycles. The van der Waals surface area contributed by atoms with Crippen LogP contribution in [0.15, 0.2) is 0 Å². The lowest BCUT2D eigenvalue weighted by Crippen LogP contribution is -2.70. The van der Waals surface area contributed by atoms with Crippen molar-refractivity contribution in [3.63, 3.8) is 0 Å². The van der Waals surface area contributed by atoms with Gasteiger partial charge in [-0.25, -0.2) is 13.2 Å². The highest BCUT2D eigenvalue weighted by molar-refractivity contribution is 7.86. The minimum Gasteiger partial charge on any atom is -0.283 e. The molecule has 0 spiro atoms. The van der Waals surface area contributed by atoms with Gasteiger partial charge in [-0.3, -0.25) is 4.55 Å². The molecule has 0 radical (unpaired) electrons. The summed E-state index contributed by atoms with van der Waals surface area (Å²) in [5, 5.41) is 0. The van der Waals surface area contributed by atoms with Crippen molar-refractivity contribution in [1.29, 1.82) is 0 Å². The molecule has 0 aliphatic heterocycles. The highest BCUT2D eigenvalue weighted by atomic mass is 32.2. The Hall–Kier alpha value is -1.00. The molecule has 0 fully saturated rings. The molecule has 0 bridgehead atoms. The molecule has 1 atom stereocenters. The molecule has 0 amide bonds. The van der Waals surface area contributed by atoms with Gasteiger partial charge in [0.25, 0.3) is 5.50 Å². The van der Waals surface area contributed by atoms with E-state index in [1.165, 1.54) is 0 Å². The Morgan fingerprint density at radius 2 is 0.917 bits per heavy atom. The first kappa shape index (κ1) is 23.0. The maximum atomic E-state index is 12.9. The monoisotopic (exact) mass is 414 g/mol. The lowest BCUT2D eigenvalue weighted by atomic mass is 9.95. The second kappa shape index (κ2) is 5.77. The molecular weight excluding hydrogens is 411 g/mol. The van der Waals surface area contributed by atoms with Gasteiger partial charge in [0.1, 0.15) is 0 Å². The zero-order valence-electron chi connectivity index (χ0n) is 10.2. The topological polar surface area (TPSA) is 54.4 Å². The van der Waals surface area contributed by atoms with Gasteiger partial charge in [0, 0.05) is 0 Å². The summed E-state index contributed by atoms with van der Waals surface area (Å²) in [7, 11) is -6.91. The molecule has 1 unspecified atom stereocenters. The van der Waals surface area contributed by atoms with E-state index in [0.717, 1.165) is 0 Å². The molecule has 1 N–H and O–H groups in total. The first-order valence-electron chi connectivity index (χ1n) is 4.87. The lowest BCUT2D eigenvalue weighted by molar-refractivity contribution is -0.415. The summed E-state index contributed by atoms with van der Waals surface area (Å²) in [6.45, 7) is 0. The molecule has 146 valence electrons. The summed E-state index contributed by atoms with van der Waals surface area (Å²) in [6, 6.07) is 0. The summed E-state index contributed by atoms with van der Waals surface area (Å²) >= 11 is 0. The molecule has 0 aromatic carbocycles. The van der Waals surface area contributed by atoms with Crippen molar-refractivity contribution in [1.82, 2.24) is 0 Å². The molecule has 0 heterocycles. The Morgan fingerprint density at radius 3 is 1.17 bits per heavy atom. The van der Waals surface area contributed by atoms with Gasteiger partial charge in [-0.05, 0) is 0 Å². The number of rotatable bonds is 7. The third-order valence-corrected chi connectivity index (χ3v) is 3.27. The summed E-state index contributed by atoms with van der Waals surface area (Å²) in [4.78, 5) is 0. The molecule has 0 aromatic rings. The van der Waals surface area contributed by atoms with Crippen LogP contribution in [0.4, 0.5) is 57.1 Å². The molecule has 0 saturated carbocycles. The Kier molecular flexibility index (Phi) is 5.53. The van der Waals surface area contributed by atoms with Crippen LogP contribution in [0.5, 0.6) is 0 Å². The van der Waals surface area contributed by atoms with Crippen molar-refractivity contribution in [2.45, 2.75) is 41.5 Å². The SMILES string of the molecule is O=S(=O)(O)C(F)C(F)(F)C(F)(F)C(F)(F)C(F)(F)C(F)(F)C(F)F. The molecular formula is C7H3F13O3S. The highest BCUT2D eigenvalue weighted by Gasteiger charge is 2.89. The Bertz CT molecular complexity index is 568. The Labute approximate surface area is 123 Å². The minimum atomic E-state index is -8.07. The minimum absolute atomic E-state index is 5.66. The van der Waals surface area contributed by atoms with E-state index in [1.807, 2.05) is 0 Å². The molecule has 24 heavy (non-hydrogen) atoms. The van der Waals surface area contributed by atoms with Gasteiger partial charge in [0.05, 0.1) is 0 Å². The van der Waals surface area contributed by atoms with Crippen LogP contribution in [0, 0.1) is 0 Å². The van der Waals surface area contributed by atoms with Gasteiger partial charge in [0.2, 0.25) is 0 Å². The van der Waals surface area contributed by atoms with Crippen molar-refractivity contribution in [2.75, 3.05) is 0 Å². The van der Waals surface area contributed by atoms with E-state index in [4.69, 9.17) is 4.55 Å². The van der Waals surface area contributed by atoms with Crippen LogP contribution < -0.4 is 0 Å². The average Bonchev–Trinajstić information content (AvgIpc) is 2.35. The van der Waals surface area contributed by atoms with Crippen LogP contribution in [0.1, 0.15) is 0 Å². The van der Waals surface area contributed by atoms with Crippen LogP contribution in [-0.2, 0) is 10.1 Å². The predicted molar refractivity (Wildman–Crippen MR) is 47.2 cm³/mol. The van der Waals surface area contributed by atoms with Crippen molar-refractivity contribution < 1.29 is 70.0 Å². The van der Waals surface area contributed by atoms with Gasteiger partial charge in [-0.2, -0.15) is 52.3 Å². The second-order valence-corrected chi connectivity index (χ2v) is 5.54. The van der Waals surface area contributed by atoms with Crippen LogP contribution in [0.3, 0.4) is 0 Å². The van der Waals surface area contributed by atoms with E-state index in [0.29, 0.717) is 0 Å². The van der Waals surface area contributed by atoms with Crippen LogP contribution in [0.25, 0.3) is 0 Å². The molecule has 0 rings (SSSR count). The standard InChI is InChI=1S/C7H3F13O3S/c8-1(9)3(11,12)5(15,16)7(19,20)6(17,18)4(13,14)2(10)24(21,22)23/h1-2H,(H,21,22,23). The van der Waals surface area contributed by atoms with Crippen LogP contribution >= 0.6 is 0 Å². The summed E-state index contributed by atoms with van der Waals surface area (Å²) in [5.74, 6) is -38.6. The van der Waals surface area contributed by atoms with Gasteiger partial charge >= 0.3 is 46.2 Å². The zero-order valence-corrected chi connectivity index (χ0v) is 11.1. The molecule has 17 heteroatoms. The quantitative estimate of drug-likeness (QED) is 0.512. The van der Waals surface area contributed by atoms with Crippen LogP contribution in [0.2, 0.25) is 0 Å². The van der Waals surface area contributed by atoms with Crippen molar-refractivity contribution in [3.05, 3.63) is 0 Å². The molecule has 0 aliphatic rings. The largest absolute Gasteiger partial charge is 0.384 e. The van der Waals surface area contributed by atoms with Gasteiger partial charge in [-0.15, -0.1) is 0 Å². The number of hydrogen-bond donors (Lipinski definition) is 1. The van der Waals surface area contributed by atoms with Gasteiger partial charge in [0.15, 0.2) is 0 Å². The third-order valence-electron chi connectivity index (χ3n) is 2.45. The molecule has 3 nitrogen and oxygen atoms in total. The fourth-order valence-electron chi connectivity index (χ4n) is 1.08. The van der Waals surface area contributed by atoms with E-state index < -0.39 is 51.7 Å². The van der Waals surface area contributed by atoms with E-state index in [-0.39, 0.29) is 0 Å². The van der Waals surface area contributed by atoms with Gasteiger partial charge < -0.3 is 0 Å². The van der Waals surface area contributed by atoms with Gasteiger partial charge in [-0.1, -0.05) is 0 Å². The van der Waals surface area contributed by atoms with E-state index in [1.54, 1.807) is 0 Å². The summed E-state index contributed by atoms with van der Waals surface area (Å²) in [5.41, 5.74) is -5.66. The van der Waals surface area contributed by atoms with E-state index in [9.17, 15) is 65.5 Å². The number of hydrogen-bond acceptors (Lipinski definition) is 2. The highest BCUT2D eigenvalue weighted by Crippen LogP contribution is 2.59.